The molecular formula is C36H46ClN7O2. The molecular weight excluding hydrogens is 598 g/mol. The highest BCUT2D eigenvalue weighted by Gasteiger charge is 2.56. The van der Waals surface area contributed by atoms with E-state index < -0.39 is 0 Å². The molecule has 1 amide bonds. The van der Waals surface area contributed by atoms with Gasteiger partial charge in [-0.2, -0.15) is 0 Å². The predicted molar refractivity (Wildman–Crippen MR) is 184 cm³/mol. The van der Waals surface area contributed by atoms with Crippen LogP contribution in [-0.2, 0) is 17.8 Å². The van der Waals surface area contributed by atoms with Gasteiger partial charge in [0.15, 0.2) is 5.96 Å². The van der Waals surface area contributed by atoms with Crippen LogP contribution in [0.1, 0.15) is 70.8 Å². The maximum atomic E-state index is 14.0. The Hall–Kier alpha value is -3.43. The molecule has 3 saturated carbocycles. The van der Waals surface area contributed by atoms with E-state index in [0.717, 1.165) is 48.8 Å². The normalized spacial score (nSPS) is 29.0. The number of nitrogens with one attached hydrogen (secondary N) is 3. The minimum atomic E-state index is -0.0255. The molecule has 2 bridgehead atoms. The number of hydrogen-bond donors (Lipinski definition) is 3. The third-order valence-corrected chi connectivity index (χ3v) is 11.5. The molecule has 3 aliphatic carbocycles. The molecule has 2 saturated heterocycles. The van der Waals surface area contributed by atoms with Crippen molar-refractivity contribution in [2.45, 2.75) is 84.5 Å². The third kappa shape index (κ3) is 5.92. The van der Waals surface area contributed by atoms with Crippen molar-refractivity contribution in [3.05, 3.63) is 69.2 Å². The van der Waals surface area contributed by atoms with Crippen LogP contribution in [0.15, 0.2) is 52.3 Å². The number of halogens is 1. The van der Waals surface area contributed by atoms with Crippen molar-refractivity contribution in [3.63, 3.8) is 0 Å². The SMILES string of the molecule is C[C@@H]1C(/N=C(/Nc2ccc3c(=O)n(CCc4ccc(Cl)cc4)c([C@@H]4CCCN4)nc3c2)N2CC(=O)N[C@@H](C)C2)C[C@H]2C[C@@H]1C2(C)C. The van der Waals surface area contributed by atoms with E-state index in [0.29, 0.717) is 58.6 Å². The molecule has 1 aromatic heterocycles. The minimum absolute atomic E-state index is 0.00181. The Bertz CT molecular complexity index is 1710. The number of hydrogen-bond acceptors (Lipinski definition) is 5. The molecule has 6 atom stereocenters. The first-order valence-corrected chi connectivity index (χ1v) is 17.4. The van der Waals surface area contributed by atoms with Gasteiger partial charge in [0.2, 0.25) is 5.91 Å². The van der Waals surface area contributed by atoms with Crippen molar-refractivity contribution in [1.82, 2.24) is 25.1 Å². The Kier molecular flexibility index (Phi) is 8.34. The fourth-order valence-corrected chi connectivity index (χ4v) is 8.59. The monoisotopic (exact) mass is 643 g/mol. The van der Waals surface area contributed by atoms with Crippen LogP contribution in [0, 0.1) is 23.2 Å². The number of nitrogens with zero attached hydrogens (tertiary/aromatic N) is 4. The number of piperazine rings is 1. The molecule has 0 spiro atoms. The topological polar surface area (TPSA) is 104 Å². The summed E-state index contributed by atoms with van der Waals surface area (Å²) in [6.07, 6.45) is 5.07. The van der Waals surface area contributed by atoms with Crippen molar-refractivity contribution in [1.29, 1.82) is 0 Å². The molecule has 0 radical (unpaired) electrons. The van der Waals surface area contributed by atoms with Gasteiger partial charge in [-0.1, -0.05) is 44.5 Å². The molecule has 9 nitrogen and oxygen atoms in total. The highest BCUT2D eigenvalue weighted by molar-refractivity contribution is 6.30. The Morgan fingerprint density at radius 1 is 1.13 bits per heavy atom. The first kappa shape index (κ1) is 31.2. The zero-order valence-electron chi connectivity index (χ0n) is 27.4. The second-order valence-electron chi connectivity index (χ2n) is 14.6. The van der Waals surface area contributed by atoms with E-state index >= 15 is 0 Å². The van der Waals surface area contributed by atoms with E-state index in [9.17, 15) is 9.59 Å². The summed E-state index contributed by atoms with van der Waals surface area (Å²) in [4.78, 5) is 39.2. The number of rotatable bonds is 6. The average Bonchev–Trinajstić information content (AvgIpc) is 3.56. The lowest BCUT2D eigenvalue weighted by atomic mass is 9.45. The summed E-state index contributed by atoms with van der Waals surface area (Å²) >= 11 is 6.10. The van der Waals surface area contributed by atoms with E-state index in [-0.39, 0.29) is 36.1 Å². The summed E-state index contributed by atoms with van der Waals surface area (Å²) in [6, 6.07) is 13.8. The Morgan fingerprint density at radius 2 is 1.93 bits per heavy atom. The first-order valence-electron chi connectivity index (χ1n) is 17.0. The zero-order chi connectivity index (χ0) is 32.2. The average molecular weight is 644 g/mol. The van der Waals surface area contributed by atoms with Crippen molar-refractivity contribution >= 4 is 40.1 Å². The summed E-state index contributed by atoms with van der Waals surface area (Å²) in [5.41, 5.74) is 2.95. The molecule has 244 valence electrons. The number of aliphatic imine (C=N–C) groups is 1. The molecule has 1 unspecified atom stereocenters. The predicted octanol–water partition coefficient (Wildman–Crippen LogP) is 5.38. The summed E-state index contributed by atoms with van der Waals surface area (Å²) in [7, 11) is 0. The van der Waals surface area contributed by atoms with Crippen LogP contribution in [0.3, 0.4) is 0 Å². The Labute approximate surface area is 276 Å². The molecule has 2 aromatic carbocycles. The van der Waals surface area contributed by atoms with Gasteiger partial charge in [0.1, 0.15) is 5.82 Å². The highest BCUT2D eigenvalue weighted by Crippen LogP contribution is 2.61. The van der Waals surface area contributed by atoms with E-state index in [4.69, 9.17) is 21.6 Å². The van der Waals surface area contributed by atoms with Crippen molar-refractivity contribution in [3.8, 4) is 0 Å². The van der Waals surface area contributed by atoms with Crippen LogP contribution < -0.4 is 21.5 Å². The van der Waals surface area contributed by atoms with Crippen LogP contribution in [0.2, 0.25) is 5.02 Å². The van der Waals surface area contributed by atoms with Crippen LogP contribution in [0.5, 0.6) is 0 Å². The van der Waals surface area contributed by atoms with Gasteiger partial charge in [-0.3, -0.25) is 14.2 Å². The highest BCUT2D eigenvalue weighted by atomic mass is 35.5. The lowest BCUT2D eigenvalue weighted by molar-refractivity contribution is -0.124. The molecule has 8 rings (SSSR count). The second kappa shape index (κ2) is 12.3. The fraction of sp³-hybridized carbons (Fsp3) is 0.556. The number of guanidine groups is 1. The summed E-state index contributed by atoms with van der Waals surface area (Å²) in [5.74, 6) is 3.34. The number of anilines is 1. The second-order valence-corrected chi connectivity index (χ2v) is 15.1. The minimum Gasteiger partial charge on any atom is -0.350 e. The number of amides is 1. The largest absolute Gasteiger partial charge is 0.350 e. The van der Waals surface area contributed by atoms with Gasteiger partial charge >= 0.3 is 0 Å². The molecule has 10 heteroatoms. The van der Waals surface area contributed by atoms with Gasteiger partial charge < -0.3 is 20.9 Å². The number of aryl methyl sites for hydroxylation is 1. The lowest BCUT2D eigenvalue weighted by Crippen LogP contribution is -2.58. The molecule has 3 aromatic rings. The van der Waals surface area contributed by atoms with Gasteiger partial charge in [0, 0.05) is 29.8 Å². The number of carbonyl (C=O) groups is 1. The van der Waals surface area contributed by atoms with E-state index in [1.807, 2.05) is 54.0 Å². The molecule has 5 aliphatic rings. The van der Waals surface area contributed by atoms with Gasteiger partial charge in [-0.25, -0.2) is 9.98 Å². The van der Waals surface area contributed by atoms with Gasteiger partial charge in [0.25, 0.3) is 5.56 Å². The molecule has 46 heavy (non-hydrogen) atoms. The first-order chi connectivity index (χ1) is 22.1. The smallest absolute Gasteiger partial charge is 0.261 e. The molecule has 3 heterocycles. The van der Waals surface area contributed by atoms with E-state index in [1.165, 1.54) is 6.42 Å². The molecule has 2 aliphatic heterocycles. The van der Waals surface area contributed by atoms with Crippen LogP contribution in [0.25, 0.3) is 10.9 Å². The van der Waals surface area contributed by atoms with Crippen LogP contribution in [-0.4, -0.2) is 58.0 Å². The standard InChI is InChI=1S/C36H46ClN7O2/c1-21-19-43(20-32(45)39-21)35(42-30-17-24-16-28(22(30)2)36(24,3)4)40-26-11-12-27-31(18-26)41-33(29-6-5-14-38-29)44(34(27)46)15-13-23-7-9-25(37)10-8-23/h7-12,18,21-22,24,28-30,38H,5-6,13-17,19-20H2,1-4H3,(H,39,45)(H,40,42)/t21-,22-,24+,28-,29-,30?/m0/s1. The fourth-order valence-electron chi connectivity index (χ4n) is 8.46. The number of benzene rings is 2. The van der Waals surface area contributed by atoms with Crippen molar-refractivity contribution in [2.75, 3.05) is 25.0 Å². The van der Waals surface area contributed by atoms with Crippen molar-refractivity contribution < 1.29 is 4.79 Å². The number of fused-ring (bicyclic) bond motifs is 3. The Balaban J connectivity index is 1.21. The maximum Gasteiger partial charge on any atom is 0.261 e. The quantitative estimate of drug-likeness (QED) is 0.246. The Morgan fingerprint density at radius 3 is 2.63 bits per heavy atom. The van der Waals surface area contributed by atoms with E-state index in [2.05, 4.69) is 41.6 Å². The molecule has 3 N–H and O–H groups in total. The summed E-state index contributed by atoms with van der Waals surface area (Å²) < 4.78 is 1.85. The van der Waals surface area contributed by atoms with Gasteiger partial charge in [0.05, 0.1) is 29.5 Å². The summed E-state index contributed by atoms with van der Waals surface area (Å²) in [5, 5.41) is 11.5. The maximum absolute atomic E-state index is 14.0. The van der Waals surface area contributed by atoms with Crippen LogP contribution >= 0.6 is 11.6 Å². The number of carbonyl (C=O) groups excluding carboxylic acids is 1. The van der Waals surface area contributed by atoms with E-state index in [1.54, 1.807) is 0 Å². The zero-order valence-corrected chi connectivity index (χ0v) is 28.1. The lowest BCUT2D eigenvalue weighted by Gasteiger charge is -2.61. The molecule has 5 fully saturated rings. The van der Waals surface area contributed by atoms with Crippen molar-refractivity contribution in [2.24, 2.45) is 28.2 Å². The third-order valence-electron chi connectivity index (χ3n) is 11.3. The number of aromatic nitrogens is 2. The van der Waals surface area contributed by atoms with Gasteiger partial charge in [-0.05, 0) is 105 Å². The van der Waals surface area contributed by atoms with Gasteiger partial charge in [-0.15, -0.1) is 0 Å². The summed E-state index contributed by atoms with van der Waals surface area (Å²) in [6.45, 7) is 11.6. The van der Waals surface area contributed by atoms with Crippen LogP contribution in [0.4, 0.5) is 5.69 Å².